The Hall–Kier alpha value is -2.31. The van der Waals surface area contributed by atoms with Crippen LogP contribution in [-0.4, -0.2) is 59.5 Å². The summed E-state index contributed by atoms with van der Waals surface area (Å²) in [6.07, 6.45) is 3.87. The molecule has 2 amide bonds. The Balaban J connectivity index is 2.16. The van der Waals surface area contributed by atoms with Crippen LogP contribution in [0.4, 0.5) is 0 Å². The first-order chi connectivity index (χ1) is 14.0. The third-order valence-electron chi connectivity index (χ3n) is 4.79. The number of hydrogen-bond donors (Lipinski definition) is 0. The lowest BCUT2D eigenvalue weighted by atomic mass is 10.2. The minimum atomic E-state index is -0.229. The van der Waals surface area contributed by atoms with Crippen LogP contribution in [0.15, 0.2) is 42.6 Å². The molecule has 2 aromatic rings. The Kier molecular flexibility index (Phi) is 9.22. The standard InChI is InChI=1S/C22H30ClN3O3/c1-4-5-12-25(16-20-10-7-11-24(20)2)21(27)17-26(13-14-29-3)22(28)18-8-6-9-19(23)15-18/h6-11,15H,4-5,12-14,16-17H2,1-3H3. The molecule has 0 N–H and O–H groups in total. The molecule has 0 bridgehead atoms. The first-order valence-corrected chi connectivity index (χ1v) is 10.3. The topological polar surface area (TPSA) is 54.8 Å². The number of rotatable bonds is 11. The number of halogens is 1. The summed E-state index contributed by atoms with van der Waals surface area (Å²) >= 11 is 6.03. The second kappa shape index (κ2) is 11.6. The molecule has 0 saturated carbocycles. The summed E-state index contributed by atoms with van der Waals surface area (Å²) in [5, 5.41) is 0.488. The second-order valence-corrected chi connectivity index (χ2v) is 7.45. The summed E-state index contributed by atoms with van der Waals surface area (Å²) in [6.45, 7) is 3.96. The van der Waals surface area contributed by atoms with Crippen LogP contribution in [0.25, 0.3) is 0 Å². The maximum atomic E-state index is 13.1. The smallest absolute Gasteiger partial charge is 0.254 e. The summed E-state index contributed by atoms with van der Waals surface area (Å²) in [6, 6.07) is 10.7. The molecule has 0 fully saturated rings. The minimum Gasteiger partial charge on any atom is -0.383 e. The van der Waals surface area contributed by atoms with Crippen LogP contribution >= 0.6 is 11.6 Å². The molecule has 0 atom stereocenters. The fraction of sp³-hybridized carbons (Fsp3) is 0.455. The van der Waals surface area contributed by atoms with E-state index in [9.17, 15) is 9.59 Å². The lowest BCUT2D eigenvalue weighted by Gasteiger charge is -2.28. The number of ether oxygens (including phenoxy) is 1. The fourth-order valence-corrected chi connectivity index (χ4v) is 3.21. The van der Waals surface area contributed by atoms with Gasteiger partial charge in [-0.05, 0) is 36.8 Å². The molecule has 0 saturated heterocycles. The van der Waals surface area contributed by atoms with Crippen LogP contribution in [-0.2, 0) is 23.1 Å². The van der Waals surface area contributed by atoms with E-state index in [2.05, 4.69) is 6.92 Å². The van der Waals surface area contributed by atoms with E-state index < -0.39 is 0 Å². The molecule has 7 heteroatoms. The monoisotopic (exact) mass is 419 g/mol. The maximum Gasteiger partial charge on any atom is 0.254 e. The average Bonchev–Trinajstić information content (AvgIpc) is 3.12. The second-order valence-electron chi connectivity index (χ2n) is 7.01. The van der Waals surface area contributed by atoms with Gasteiger partial charge in [0.1, 0.15) is 6.54 Å². The van der Waals surface area contributed by atoms with E-state index in [-0.39, 0.29) is 18.4 Å². The van der Waals surface area contributed by atoms with Gasteiger partial charge in [-0.15, -0.1) is 0 Å². The molecule has 0 spiro atoms. The van der Waals surface area contributed by atoms with E-state index >= 15 is 0 Å². The van der Waals surface area contributed by atoms with Crippen molar-refractivity contribution in [3.63, 3.8) is 0 Å². The van der Waals surface area contributed by atoms with Crippen LogP contribution in [0.5, 0.6) is 0 Å². The van der Waals surface area contributed by atoms with Crippen molar-refractivity contribution in [3.05, 3.63) is 58.9 Å². The van der Waals surface area contributed by atoms with E-state index in [1.54, 1.807) is 31.4 Å². The molecule has 158 valence electrons. The van der Waals surface area contributed by atoms with Gasteiger partial charge in [0, 0.05) is 49.7 Å². The Morgan fingerprint density at radius 2 is 1.93 bits per heavy atom. The number of unbranched alkanes of at least 4 members (excludes halogenated alkanes) is 1. The van der Waals surface area contributed by atoms with E-state index in [1.807, 2.05) is 34.8 Å². The number of methoxy groups -OCH3 is 1. The van der Waals surface area contributed by atoms with Crippen molar-refractivity contribution in [3.8, 4) is 0 Å². The van der Waals surface area contributed by atoms with Crippen LogP contribution in [0.3, 0.4) is 0 Å². The van der Waals surface area contributed by atoms with Crippen molar-refractivity contribution in [1.82, 2.24) is 14.4 Å². The largest absolute Gasteiger partial charge is 0.383 e. The Labute approximate surface area is 178 Å². The summed E-state index contributed by atoms with van der Waals surface area (Å²) in [4.78, 5) is 29.5. The molecule has 0 unspecified atom stereocenters. The van der Waals surface area contributed by atoms with Gasteiger partial charge in [-0.3, -0.25) is 9.59 Å². The molecule has 1 heterocycles. The van der Waals surface area contributed by atoms with Crippen molar-refractivity contribution in [2.75, 3.05) is 33.4 Å². The average molecular weight is 420 g/mol. The molecule has 0 aliphatic rings. The number of carbonyl (C=O) groups excluding carboxylic acids is 2. The quantitative estimate of drug-likeness (QED) is 0.559. The molecule has 1 aromatic carbocycles. The maximum absolute atomic E-state index is 13.1. The predicted molar refractivity (Wildman–Crippen MR) is 115 cm³/mol. The third-order valence-corrected chi connectivity index (χ3v) is 5.02. The lowest BCUT2D eigenvalue weighted by molar-refractivity contribution is -0.132. The summed E-state index contributed by atoms with van der Waals surface area (Å²) in [5.74, 6) is -0.307. The highest BCUT2D eigenvalue weighted by Gasteiger charge is 2.23. The highest BCUT2D eigenvalue weighted by Crippen LogP contribution is 2.14. The lowest BCUT2D eigenvalue weighted by Crippen LogP contribution is -2.44. The molecule has 2 rings (SSSR count). The summed E-state index contributed by atoms with van der Waals surface area (Å²) in [7, 11) is 3.54. The van der Waals surface area contributed by atoms with Crippen molar-refractivity contribution in [1.29, 1.82) is 0 Å². The van der Waals surface area contributed by atoms with Gasteiger partial charge in [0.25, 0.3) is 5.91 Å². The number of carbonyl (C=O) groups is 2. The van der Waals surface area contributed by atoms with Gasteiger partial charge in [0.2, 0.25) is 5.91 Å². The zero-order valence-corrected chi connectivity index (χ0v) is 18.2. The molecule has 1 aromatic heterocycles. The number of nitrogens with zero attached hydrogens (tertiary/aromatic N) is 3. The van der Waals surface area contributed by atoms with Crippen molar-refractivity contribution >= 4 is 23.4 Å². The number of benzene rings is 1. The minimum absolute atomic E-state index is 0.00282. The van der Waals surface area contributed by atoms with Gasteiger partial charge < -0.3 is 19.1 Å². The molecular weight excluding hydrogens is 390 g/mol. The Morgan fingerprint density at radius 3 is 2.55 bits per heavy atom. The number of aryl methyl sites for hydroxylation is 1. The van der Waals surface area contributed by atoms with E-state index in [0.29, 0.717) is 36.8 Å². The van der Waals surface area contributed by atoms with Gasteiger partial charge in [0.05, 0.1) is 13.2 Å². The molecule has 0 aliphatic heterocycles. The molecular formula is C22H30ClN3O3. The van der Waals surface area contributed by atoms with Crippen LogP contribution in [0, 0.1) is 0 Å². The zero-order chi connectivity index (χ0) is 21.2. The molecule has 0 radical (unpaired) electrons. The fourth-order valence-electron chi connectivity index (χ4n) is 3.02. The number of amides is 2. The van der Waals surface area contributed by atoms with Gasteiger partial charge in [-0.25, -0.2) is 0 Å². The number of aromatic nitrogens is 1. The van der Waals surface area contributed by atoms with Crippen molar-refractivity contribution in [2.24, 2.45) is 7.05 Å². The molecule has 6 nitrogen and oxygen atoms in total. The van der Waals surface area contributed by atoms with E-state index in [0.717, 1.165) is 18.5 Å². The first-order valence-electron chi connectivity index (χ1n) is 9.88. The molecule has 29 heavy (non-hydrogen) atoms. The molecule has 0 aliphatic carbocycles. The van der Waals surface area contributed by atoms with E-state index in [4.69, 9.17) is 16.3 Å². The van der Waals surface area contributed by atoms with E-state index in [1.165, 1.54) is 4.90 Å². The highest BCUT2D eigenvalue weighted by atomic mass is 35.5. The number of hydrogen-bond acceptors (Lipinski definition) is 3. The van der Waals surface area contributed by atoms with Gasteiger partial charge in [-0.2, -0.15) is 0 Å². The summed E-state index contributed by atoms with van der Waals surface area (Å²) < 4.78 is 7.15. The third kappa shape index (κ3) is 6.91. The Morgan fingerprint density at radius 1 is 1.14 bits per heavy atom. The van der Waals surface area contributed by atoms with Crippen LogP contribution in [0.2, 0.25) is 5.02 Å². The van der Waals surface area contributed by atoms with Crippen LogP contribution < -0.4 is 0 Å². The highest BCUT2D eigenvalue weighted by molar-refractivity contribution is 6.30. The van der Waals surface area contributed by atoms with Gasteiger partial charge >= 0.3 is 0 Å². The normalized spacial score (nSPS) is 10.8. The van der Waals surface area contributed by atoms with Gasteiger partial charge in [-0.1, -0.05) is 31.0 Å². The SMILES string of the molecule is CCCCN(Cc1cccn1C)C(=O)CN(CCOC)C(=O)c1cccc(Cl)c1. The van der Waals surface area contributed by atoms with Crippen molar-refractivity contribution in [2.45, 2.75) is 26.3 Å². The predicted octanol–water partition coefficient (Wildman–Crippen LogP) is 3.60. The van der Waals surface area contributed by atoms with Crippen molar-refractivity contribution < 1.29 is 14.3 Å². The zero-order valence-electron chi connectivity index (χ0n) is 17.4. The Bertz CT molecular complexity index is 806. The van der Waals surface area contributed by atoms with Crippen LogP contribution in [0.1, 0.15) is 35.8 Å². The van der Waals surface area contributed by atoms with Gasteiger partial charge in [0.15, 0.2) is 0 Å². The first kappa shape index (κ1) is 23.0. The summed E-state index contributed by atoms with van der Waals surface area (Å²) in [5.41, 5.74) is 1.52.